The van der Waals surface area contributed by atoms with Crippen molar-refractivity contribution in [2.24, 2.45) is 5.73 Å². The highest BCUT2D eigenvalue weighted by Crippen LogP contribution is 2.25. The Morgan fingerprint density at radius 2 is 2.16 bits per heavy atom. The van der Waals surface area contributed by atoms with Crippen LogP contribution in [-0.2, 0) is 4.79 Å². The number of nitrogens with one attached hydrogen (secondary N) is 2. The van der Waals surface area contributed by atoms with E-state index in [1.165, 1.54) is 0 Å². The van der Waals surface area contributed by atoms with Gasteiger partial charge in [0.2, 0.25) is 5.91 Å². The highest BCUT2D eigenvalue weighted by molar-refractivity contribution is 6.05. The fourth-order valence-electron chi connectivity index (χ4n) is 2.51. The smallest absolute Gasteiger partial charge is 0.250 e. The number of hydrogen-bond donors (Lipinski definition) is 3. The molecule has 0 spiro atoms. The second kappa shape index (κ2) is 5.40. The van der Waals surface area contributed by atoms with E-state index in [0.29, 0.717) is 11.3 Å². The zero-order chi connectivity index (χ0) is 13.9. The molecule has 1 heterocycles. The molecule has 1 aliphatic rings. The van der Waals surface area contributed by atoms with Gasteiger partial charge in [0, 0.05) is 0 Å². The topological polar surface area (TPSA) is 84.2 Å². The molecule has 4 N–H and O–H groups in total. The second-order valence-electron chi connectivity index (χ2n) is 4.83. The molecule has 5 heteroatoms. The molecule has 1 aromatic carbocycles. The summed E-state index contributed by atoms with van der Waals surface area (Å²) in [4.78, 5) is 23.7. The Balaban J connectivity index is 2.21. The van der Waals surface area contributed by atoms with Crippen molar-refractivity contribution in [1.82, 2.24) is 5.32 Å². The van der Waals surface area contributed by atoms with E-state index in [1.54, 1.807) is 24.3 Å². The number of carbonyl (C=O) groups is 2. The minimum Gasteiger partial charge on any atom is -0.366 e. The molecule has 0 saturated carbocycles. The van der Waals surface area contributed by atoms with Crippen LogP contribution in [0.3, 0.4) is 0 Å². The highest BCUT2D eigenvalue weighted by Gasteiger charge is 2.39. The third kappa shape index (κ3) is 2.61. The van der Waals surface area contributed by atoms with Crippen molar-refractivity contribution < 1.29 is 9.59 Å². The average molecular weight is 261 g/mol. The van der Waals surface area contributed by atoms with Gasteiger partial charge in [0.15, 0.2) is 0 Å². The molecule has 102 valence electrons. The first-order valence-electron chi connectivity index (χ1n) is 6.54. The summed E-state index contributed by atoms with van der Waals surface area (Å²) in [6.45, 7) is 2.83. The molecule has 1 saturated heterocycles. The number of rotatable bonds is 4. The maximum absolute atomic E-state index is 12.4. The van der Waals surface area contributed by atoms with E-state index in [1.807, 2.05) is 6.92 Å². The minimum atomic E-state index is -0.541. The first-order valence-corrected chi connectivity index (χ1v) is 6.54. The molecule has 19 heavy (non-hydrogen) atoms. The predicted molar refractivity (Wildman–Crippen MR) is 73.8 cm³/mol. The number of benzene rings is 1. The van der Waals surface area contributed by atoms with Crippen LogP contribution in [0.25, 0.3) is 0 Å². The summed E-state index contributed by atoms with van der Waals surface area (Å²) in [5.74, 6) is -0.637. The Morgan fingerprint density at radius 3 is 2.74 bits per heavy atom. The minimum absolute atomic E-state index is 0.0961. The first kappa shape index (κ1) is 13.5. The van der Waals surface area contributed by atoms with Crippen molar-refractivity contribution in [2.45, 2.75) is 31.7 Å². The second-order valence-corrected chi connectivity index (χ2v) is 4.83. The molecular weight excluding hydrogens is 242 g/mol. The zero-order valence-electron chi connectivity index (χ0n) is 11.0. The maximum atomic E-state index is 12.4. The van der Waals surface area contributed by atoms with Crippen LogP contribution in [0.2, 0.25) is 0 Å². The Labute approximate surface area is 112 Å². The van der Waals surface area contributed by atoms with E-state index in [-0.39, 0.29) is 5.91 Å². The van der Waals surface area contributed by atoms with Crippen molar-refractivity contribution >= 4 is 17.5 Å². The summed E-state index contributed by atoms with van der Waals surface area (Å²) < 4.78 is 0. The lowest BCUT2D eigenvalue weighted by Crippen LogP contribution is -2.50. The van der Waals surface area contributed by atoms with Gasteiger partial charge in [-0.1, -0.05) is 19.1 Å². The summed E-state index contributed by atoms with van der Waals surface area (Å²) in [7, 11) is 0. The molecule has 0 aliphatic carbocycles. The molecule has 0 radical (unpaired) electrons. The standard InChI is InChI=1S/C14H19N3O2/c1-2-14(8-5-9-16-14)13(19)17-11-7-4-3-6-10(11)12(15)18/h3-4,6-7,16H,2,5,8-9H2,1H3,(H2,15,18)(H,17,19). The normalized spacial score (nSPS) is 22.2. The molecule has 0 aromatic heterocycles. The van der Waals surface area contributed by atoms with Crippen LogP contribution >= 0.6 is 0 Å². The average Bonchev–Trinajstić information content (AvgIpc) is 2.89. The molecule has 1 aliphatic heterocycles. The third-order valence-corrected chi connectivity index (χ3v) is 3.72. The van der Waals surface area contributed by atoms with E-state index in [9.17, 15) is 9.59 Å². The Hall–Kier alpha value is -1.88. The molecule has 1 aromatic rings. The number of nitrogens with two attached hydrogens (primary N) is 1. The summed E-state index contributed by atoms with van der Waals surface area (Å²) in [6, 6.07) is 6.79. The monoisotopic (exact) mass is 261 g/mol. The first-order chi connectivity index (χ1) is 9.09. The molecule has 5 nitrogen and oxygen atoms in total. The van der Waals surface area contributed by atoms with Crippen LogP contribution < -0.4 is 16.4 Å². The van der Waals surface area contributed by atoms with Crippen LogP contribution in [0, 0.1) is 0 Å². The van der Waals surface area contributed by atoms with Crippen LogP contribution in [0.15, 0.2) is 24.3 Å². The van der Waals surface area contributed by atoms with Gasteiger partial charge in [-0.15, -0.1) is 0 Å². The highest BCUT2D eigenvalue weighted by atomic mass is 16.2. The van der Waals surface area contributed by atoms with Gasteiger partial charge in [-0.25, -0.2) is 0 Å². The number of amides is 2. The fourth-order valence-corrected chi connectivity index (χ4v) is 2.51. The van der Waals surface area contributed by atoms with E-state index >= 15 is 0 Å². The van der Waals surface area contributed by atoms with Crippen molar-refractivity contribution in [3.8, 4) is 0 Å². The molecular formula is C14H19N3O2. The zero-order valence-corrected chi connectivity index (χ0v) is 11.0. The lowest BCUT2D eigenvalue weighted by molar-refractivity contribution is -0.122. The van der Waals surface area contributed by atoms with Crippen molar-refractivity contribution in [2.75, 3.05) is 11.9 Å². The number of carbonyl (C=O) groups excluding carboxylic acids is 2. The summed E-state index contributed by atoms with van der Waals surface area (Å²) >= 11 is 0. The quantitative estimate of drug-likeness (QED) is 0.762. The van der Waals surface area contributed by atoms with Crippen LogP contribution in [0.1, 0.15) is 36.5 Å². The summed E-state index contributed by atoms with van der Waals surface area (Å²) in [5, 5.41) is 6.08. The van der Waals surface area contributed by atoms with Crippen molar-refractivity contribution in [3.05, 3.63) is 29.8 Å². The van der Waals surface area contributed by atoms with Crippen molar-refractivity contribution in [3.63, 3.8) is 0 Å². The molecule has 1 atom stereocenters. The van der Waals surface area contributed by atoms with Crippen LogP contribution in [-0.4, -0.2) is 23.9 Å². The third-order valence-electron chi connectivity index (χ3n) is 3.72. The van der Waals surface area contributed by atoms with E-state index < -0.39 is 11.4 Å². The number of anilines is 1. The van der Waals surface area contributed by atoms with Gasteiger partial charge in [0.1, 0.15) is 0 Å². The van der Waals surface area contributed by atoms with E-state index in [2.05, 4.69) is 10.6 Å². The SMILES string of the molecule is CCC1(C(=O)Nc2ccccc2C(N)=O)CCCN1. The molecule has 2 rings (SSSR count). The van der Waals surface area contributed by atoms with Gasteiger partial charge in [-0.05, 0) is 37.9 Å². The Kier molecular flexibility index (Phi) is 3.85. The van der Waals surface area contributed by atoms with Crippen LogP contribution in [0.4, 0.5) is 5.69 Å². The molecule has 2 amide bonds. The van der Waals surface area contributed by atoms with E-state index in [4.69, 9.17) is 5.73 Å². The largest absolute Gasteiger partial charge is 0.366 e. The van der Waals surface area contributed by atoms with E-state index in [0.717, 1.165) is 25.8 Å². The predicted octanol–water partition coefficient (Wildman–Crippen LogP) is 1.26. The number of primary amides is 1. The lowest BCUT2D eigenvalue weighted by Gasteiger charge is -2.27. The molecule has 1 fully saturated rings. The van der Waals surface area contributed by atoms with Gasteiger partial charge in [0.05, 0.1) is 16.8 Å². The number of para-hydroxylation sites is 1. The van der Waals surface area contributed by atoms with Gasteiger partial charge in [-0.3, -0.25) is 9.59 Å². The Bertz CT molecular complexity index is 493. The molecule has 0 bridgehead atoms. The van der Waals surface area contributed by atoms with Crippen LogP contribution in [0.5, 0.6) is 0 Å². The molecule has 1 unspecified atom stereocenters. The van der Waals surface area contributed by atoms with Crippen molar-refractivity contribution in [1.29, 1.82) is 0 Å². The fraction of sp³-hybridized carbons (Fsp3) is 0.429. The summed E-state index contributed by atoms with van der Waals surface area (Å²) in [5.41, 5.74) is 5.59. The van der Waals surface area contributed by atoms with Gasteiger partial charge >= 0.3 is 0 Å². The van der Waals surface area contributed by atoms with Gasteiger partial charge < -0.3 is 16.4 Å². The van der Waals surface area contributed by atoms with Gasteiger partial charge in [0.25, 0.3) is 5.91 Å². The summed E-state index contributed by atoms with van der Waals surface area (Å²) in [6.07, 6.45) is 2.52. The van der Waals surface area contributed by atoms with Gasteiger partial charge in [-0.2, -0.15) is 0 Å². The Morgan fingerprint density at radius 1 is 1.42 bits per heavy atom. The maximum Gasteiger partial charge on any atom is 0.250 e. The lowest BCUT2D eigenvalue weighted by atomic mass is 9.93. The number of hydrogen-bond acceptors (Lipinski definition) is 3.